The molecule has 2 N–H and O–H groups in total. The third-order valence-corrected chi connectivity index (χ3v) is 6.42. The maximum Gasteiger partial charge on any atom is 0.275 e. The minimum atomic E-state index is -0.624. The van der Waals surface area contributed by atoms with Crippen molar-refractivity contribution in [2.24, 2.45) is 0 Å². The van der Waals surface area contributed by atoms with E-state index in [1.165, 1.54) is 6.07 Å². The number of Topliss-reactive ketones (excluding diaryl/α,β-unsaturated/α-hetero) is 1. The lowest BCUT2D eigenvalue weighted by molar-refractivity contribution is -0.385. The van der Waals surface area contributed by atoms with Gasteiger partial charge in [-0.15, -0.1) is 0 Å². The van der Waals surface area contributed by atoms with Crippen LogP contribution in [0.2, 0.25) is 0 Å². The van der Waals surface area contributed by atoms with Gasteiger partial charge in [-0.2, -0.15) is 0 Å². The molecular weight excluding hydrogens is 430 g/mol. The van der Waals surface area contributed by atoms with Crippen LogP contribution in [0.15, 0.2) is 84.1 Å². The van der Waals surface area contributed by atoms with E-state index in [1.54, 1.807) is 18.2 Å². The number of nitro groups is 1. The molecule has 2 unspecified atom stereocenters. The van der Waals surface area contributed by atoms with Gasteiger partial charge in [0, 0.05) is 23.8 Å². The summed E-state index contributed by atoms with van der Waals surface area (Å²) in [4.78, 5) is 25.0. The number of fused-ring (bicyclic) bond motifs is 1. The highest BCUT2D eigenvalue weighted by molar-refractivity contribution is 6.01. The average Bonchev–Trinajstić information content (AvgIpc) is 3.01. The maximum atomic E-state index is 13.6. The number of para-hydroxylation sites is 3. The molecule has 7 nitrogen and oxygen atoms in total. The van der Waals surface area contributed by atoms with Crippen LogP contribution in [-0.4, -0.2) is 17.3 Å². The van der Waals surface area contributed by atoms with Crippen LogP contribution < -0.4 is 15.4 Å². The molecule has 0 bridgehead atoms. The number of nitrogens with zero attached hydrogens (tertiary/aromatic N) is 1. The van der Waals surface area contributed by atoms with E-state index in [1.807, 2.05) is 55.5 Å². The highest BCUT2D eigenvalue weighted by Crippen LogP contribution is 2.45. The largest absolute Gasteiger partial charge is 0.494 e. The molecule has 0 fully saturated rings. The Morgan fingerprint density at radius 1 is 0.971 bits per heavy atom. The van der Waals surface area contributed by atoms with E-state index in [0.29, 0.717) is 30.6 Å². The monoisotopic (exact) mass is 455 g/mol. The van der Waals surface area contributed by atoms with Crippen molar-refractivity contribution in [1.29, 1.82) is 0 Å². The molecule has 0 saturated carbocycles. The average molecular weight is 456 g/mol. The van der Waals surface area contributed by atoms with Crippen molar-refractivity contribution in [1.82, 2.24) is 0 Å². The molecule has 0 amide bonds. The molecule has 1 heterocycles. The molecule has 0 saturated heterocycles. The Labute approximate surface area is 197 Å². The normalized spacial score (nSPS) is 19.3. The minimum Gasteiger partial charge on any atom is -0.494 e. The Kier molecular flexibility index (Phi) is 5.76. The summed E-state index contributed by atoms with van der Waals surface area (Å²) in [5.74, 6) is 0.789. The van der Waals surface area contributed by atoms with E-state index in [0.717, 1.165) is 28.4 Å². The number of anilines is 2. The van der Waals surface area contributed by atoms with E-state index in [9.17, 15) is 14.9 Å². The quantitative estimate of drug-likeness (QED) is 0.363. The van der Waals surface area contributed by atoms with Crippen molar-refractivity contribution in [3.8, 4) is 5.75 Å². The summed E-state index contributed by atoms with van der Waals surface area (Å²) in [7, 11) is 0. The summed E-state index contributed by atoms with van der Waals surface area (Å²) in [6, 6.07) is 21.6. The molecule has 3 aromatic carbocycles. The third kappa shape index (κ3) is 4.01. The van der Waals surface area contributed by atoms with Gasteiger partial charge in [0.2, 0.25) is 0 Å². The number of benzene rings is 3. The van der Waals surface area contributed by atoms with E-state index >= 15 is 0 Å². The van der Waals surface area contributed by atoms with Crippen LogP contribution in [0, 0.1) is 10.1 Å². The topological polar surface area (TPSA) is 93.5 Å². The molecule has 1 aliphatic carbocycles. The highest BCUT2D eigenvalue weighted by Gasteiger charge is 2.38. The number of carbonyl (C=O) groups is 1. The van der Waals surface area contributed by atoms with E-state index in [4.69, 9.17) is 4.74 Å². The first kappa shape index (κ1) is 21.7. The van der Waals surface area contributed by atoms with Gasteiger partial charge in [-0.05, 0) is 55.2 Å². The second-order valence-corrected chi connectivity index (χ2v) is 8.49. The summed E-state index contributed by atoms with van der Waals surface area (Å²) in [6.07, 6.45) is 0.964. The van der Waals surface area contributed by atoms with Crippen LogP contribution in [0.5, 0.6) is 5.75 Å². The molecule has 172 valence electrons. The van der Waals surface area contributed by atoms with Crippen molar-refractivity contribution >= 4 is 22.8 Å². The zero-order valence-corrected chi connectivity index (χ0v) is 18.8. The number of hydrogen-bond acceptors (Lipinski definition) is 6. The zero-order valence-electron chi connectivity index (χ0n) is 18.8. The number of ketones is 1. The van der Waals surface area contributed by atoms with Crippen molar-refractivity contribution in [2.75, 3.05) is 17.2 Å². The summed E-state index contributed by atoms with van der Waals surface area (Å²) < 4.78 is 5.55. The molecule has 34 heavy (non-hydrogen) atoms. The number of nitro benzene ring substituents is 1. The Bertz CT molecular complexity index is 1280. The number of hydrogen-bond donors (Lipinski definition) is 2. The maximum absolute atomic E-state index is 13.6. The van der Waals surface area contributed by atoms with Crippen molar-refractivity contribution in [2.45, 2.75) is 31.7 Å². The second-order valence-electron chi connectivity index (χ2n) is 8.49. The second kappa shape index (κ2) is 9.02. The Hall–Kier alpha value is -4.13. The number of allylic oxidation sites excluding steroid dienone is 1. The van der Waals surface area contributed by atoms with Crippen molar-refractivity contribution in [3.05, 3.63) is 105 Å². The van der Waals surface area contributed by atoms with Gasteiger partial charge in [0.05, 0.1) is 34.5 Å². The van der Waals surface area contributed by atoms with Gasteiger partial charge in [0.15, 0.2) is 5.78 Å². The molecule has 5 rings (SSSR count). The van der Waals surface area contributed by atoms with Crippen LogP contribution in [0.1, 0.15) is 42.9 Å². The number of ether oxygens (including phenoxy) is 1. The molecule has 0 radical (unpaired) electrons. The smallest absolute Gasteiger partial charge is 0.275 e. The first-order valence-corrected chi connectivity index (χ1v) is 11.4. The standard InChI is InChI=1S/C27H25N3O4/c1-2-34-19-13-11-17(12-14-19)18-15-23-26(25(31)16-18)27(20-7-3-6-10-24(20)30(32)33)29-22-9-5-4-8-21(22)28-23/h3-14,18,27-29H,2,15-16H2,1H3. The highest BCUT2D eigenvalue weighted by atomic mass is 16.6. The van der Waals surface area contributed by atoms with Crippen LogP contribution in [0.4, 0.5) is 17.1 Å². The number of carbonyl (C=O) groups excluding carboxylic acids is 1. The molecule has 0 spiro atoms. The van der Waals surface area contributed by atoms with E-state index in [-0.39, 0.29) is 17.4 Å². The lowest BCUT2D eigenvalue weighted by Crippen LogP contribution is -2.27. The molecular formula is C27H25N3O4. The predicted octanol–water partition coefficient (Wildman–Crippen LogP) is 5.97. The third-order valence-electron chi connectivity index (χ3n) is 6.42. The first-order chi connectivity index (χ1) is 16.5. The summed E-state index contributed by atoms with van der Waals surface area (Å²) in [5.41, 5.74) is 4.54. The lowest BCUT2D eigenvalue weighted by Gasteiger charge is -2.29. The summed E-state index contributed by atoms with van der Waals surface area (Å²) in [5, 5.41) is 18.7. The van der Waals surface area contributed by atoms with Gasteiger partial charge in [0.1, 0.15) is 5.75 Å². The predicted molar refractivity (Wildman–Crippen MR) is 131 cm³/mol. The summed E-state index contributed by atoms with van der Waals surface area (Å²) >= 11 is 0. The minimum absolute atomic E-state index is 0.00565. The van der Waals surface area contributed by atoms with Gasteiger partial charge in [0.25, 0.3) is 5.69 Å². The molecule has 0 aromatic heterocycles. The molecule has 1 aliphatic heterocycles. The van der Waals surface area contributed by atoms with Crippen molar-refractivity contribution < 1.29 is 14.5 Å². The fraction of sp³-hybridized carbons (Fsp3) is 0.222. The number of nitrogens with one attached hydrogen (secondary N) is 2. The molecule has 7 heteroatoms. The fourth-order valence-corrected chi connectivity index (χ4v) is 4.86. The van der Waals surface area contributed by atoms with Gasteiger partial charge in [-0.25, -0.2) is 0 Å². The molecule has 3 aromatic rings. The van der Waals surface area contributed by atoms with Crippen LogP contribution in [0.3, 0.4) is 0 Å². The van der Waals surface area contributed by atoms with Gasteiger partial charge < -0.3 is 15.4 Å². The molecule has 2 atom stereocenters. The fourth-order valence-electron chi connectivity index (χ4n) is 4.86. The van der Waals surface area contributed by atoms with Gasteiger partial charge in [-0.3, -0.25) is 14.9 Å². The number of rotatable bonds is 5. The SMILES string of the molecule is CCOc1ccc(C2CC(=O)C3=C(C2)Nc2ccccc2NC3c2ccccc2[N+](=O)[O-])cc1. The van der Waals surface area contributed by atoms with E-state index < -0.39 is 11.0 Å². The Balaban J connectivity index is 1.59. The summed E-state index contributed by atoms with van der Waals surface area (Å²) in [6.45, 7) is 2.54. The molecule has 2 aliphatic rings. The Morgan fingerprint density at radius 3 is 2.41 bits per heavy atom. The zero-order chi connectivity index (χ0) is 23.7. The van der Waals surface area contributed by atoms with Crippen LogP contribution in [-0.2, 0) is 4.79 Å². The lowest BCUT2D eigenvalue weighted by atomic mass is 9.78. The van der Waals surface area contributed by atoms with Gasteiger partial charge >= 0.3 is 0 Å². The van der Waals surface area contributed by atoms with E-state index in [2.05, 4.69) is 10.6 Å². The van der Waals surface area contributed by atoms with Crippen LogP contribution >= 0.6 is 0 Å². The van der Waals surface area contributed by atoms with Crippen molar-refractivity contribution in [3.63, 3.8) is 0 Å². The van der Waals surface area contributed by atoms with Gasteiger partial charge in [-0.1, -0.05) is 36.4 Å². The van der Waals surface area contributed by atoms with Crippen LogP contribution in [0.25, 0.3) is 0 Å². The first-order valence-electron chi connectivity index (χ1n) is 11.4. The Morgan fingerprint density at radius 2 is 1.68 bits per heavy atom.